The van der Waals surface area contributed by atoms with E-state index in [-0.39, 0.29) is 24.0 Å². The Balaban J connectivity index is 0.00000256. The van der Waals surface area contributed by atoms with E-state index in [2.05, 4.69) is 62.4 Å². The molecule has 156 valence electrons. The molecule has 2 N–H and O–H groups in total. The van der Waals surface area contributed by atoms with Gasteiger partial charge in [-0.15, -0.1) is 24.0 Å². The van der Waals surface area contributed by atoms with Gasteiger partial charge in [-0.25, -0.2) is 9.98 Å². The zero-order valence-electron chi connectivity index (χ0n) is 16.9. The molecule has 0 fully saturated rings. The molecule has 2 heterocycles. The average molecular weight is 515 g/mol. The molecule has 0 radical (unpaired) electrons. The molecule has 2 aromatic heterocycles. The average Bonchev–Trinajstić information content (AvgIpc) is 3.42. The lowest BCUT2D eigenvalue weighted by molar-refractivity contribution is 0.501. The van der Waals surface area contributed by atoms with Crippen molar-refractivity contribution in [3.05, 3.63) is 90.1 Å². The van der Waals surface area contributed by atoms with Crippen molar-refractivity contribution in [2.75, 3.05) is 6.54 Å². The van der Waals surface area contributed by atoms with E-state index in [1.54, 1.807) is 6.26 Å². The Morgan fingerprint density at radius 2 is 1.80 bits per heavy atom. The quantitative estimate of drug-likeness (QED) is 0.215. The van der Waals surface area contributed by atoms with Crippen molar-refractivity contribution in [3.8, 4) is 0 Å². The van der Waals surface area contributed by atoms with Crippen molar-refractivity contribution in [1.29, 1.82) is 0 Å². The number of aromatic nitrogens is 2. The van der Waals surface area contributed by atoms with Crippen LogP contribution in [0.1, 0.15) is 23.8 Å². The number of imidazole rings is 1. The smallest absolute Gasteiger partial charge is 0.191 e. The standard InChI is InChI=1S/C23H25N5O.HI/c1-2-24-23(26-15-20-6-5-13-29-20)25-14-18-9-11-19(12-10-18)16-28-17-27-21-7-3-4-8-22(21)28;/h3-13,17H,2,14-16H2,1H3,(H2,24,25,26);1H. The van der Waals surface area contributed by atoms with Crippen LogP contribution in [0.15, 0.2) is 82.7 Å². The van der Waals surface area contributed by atoms with Gasteiger partial charge in [0.25, 0.3) is 0 Å². The van der Waals surface area contributed by atoms with E-state index in [1.165, 1.54) is 11.1 Å². The molecule has 0 atom stereocenters. The third-order valence-electron chi connectivity index (χ3n) is 4.68. The number of nitrogens with one attached hydrogen (secondary N) is 2. The number of rotatable bonds is 7. The number of hydrogen-bond acceptors (Lipinski definition) is 3. The number of halogens is 1. The summed E-state index contributed by atoms with van der Waals surface area (Å²) in [7, 11) is 0. The molecule has 2 aromatic carbocycles. The van der Waals surface area contributed by atoms with Gasteiger partial charge in [0.05, 0.1) is 36.7 Å². The van der Waals surface area contributed by atoms with Gasteiger partial charge in [0, 0.05) is 13.1 Å². The summed E-state index contributed by atoms with van der Waals surface area (Å²) in [5.74, 6) is 1.66. The molecule has 0 saturated carbocycles. The minimum atomic E-state index is 0. The second-order valence-corrected chi connectivity index (χ2v) is 6.81. The molecule has 4 aromatic rings. The lowest BCUT2D eigenvalue weighted by atomic mass is 10.1. The van der Waals surface area contributed by atoms with Gasteiger partial charge in [0.2, 0.25) is 0 Å². The van der Waals surface area contributed by atoms with Crippen molar-refractivity contribution in [2.24, 2.45) is 4.99 Å². The Morgan fingerprint density at radius 3 is 2.57 bits per heavy atom. The Kier molecular flexibility index (Phi) is 7.89. The summed E-state index contributed by atoms with van der Waals surface area (Å²) in [5, 5.41) is 6.55. The highest BCUT2D eigenvalue weighted by Gasteiger charge is 2.03. The third kappa shape index (κ3) is 5.63. The Morgan fingerprint density at radius 1 is 1.00 bits per heavy atom. The SMILES string of the molecule is CCNC(=NCc1ccc(Cn2cnc3ccccc32)cc1)NCc1ccco1.I. The van der Waals surface area contributed by atoms with E-state index in [0.29, 0.717) is 13.1 Å². The van der Waals surface area contributed by atoms with Crippen molar-refractivity contribution < 1.29 is 4.42 Å². The van der Waals surface area contributed by atoms with E-state index < -0.39 is 0 Å². The van der Waals surface area contributed by atoms with Gasteiger partial charge in [0.15, 0.2) is 5.96 Å². The zero-order valence-corrected chi connectivity index (χ0v) is 19.2. The van der Waals surface area contributed by atoms with Gasteiger partial charge in [-0.1, -0.05) is 36.4 Å². The van der Waals surface area contributed by atoms with Gasteiger partial charge >= 0.3 is 0 Å². The number of nitrogens with zero attached hydrogens (tertiary/aromatic N) is 3. The van der Waals surface area contributed by atoms with Crippen LogP contribution < -0.4 is 10.6 Å². The van der Waals surface area contributed by atoms with Gasteiger partial charge in [-0.05, 0) is 42.3 Å². The normalized spacial score (nSPS) is 11.3. The van der Waals surface area contributed by atoms with Crippen molar-refractivity contribution in [1.82, 2.24) is 20.2 Å². The first-order chi connectivity index (χ1) is 14.3. The van der Waals surface area contributed by atoms with Crippen LogP contribution in [0.25, 0.3) is 11.0 Å². The summed E-state index contributed by atoms with van der Waals surface area (Å²) in [6.07, 6.45) is 3.57. The maximum atomic E-state index is 5.36. The molecule has 7 heteroatoms. The molecule has 6 nitrogen and oxygen atoms in total. The Hall–Kier alpha value is -2.81. The summed E-state index contributed by atoms with van der Waals surface area (Å²) >= 11 is 0. The van der Waals surface area contributed by atoms with Crippen LogP contribution in [0.3, 0.4) is 0 Å². The van der Waals surface area contributed by atoms with Gasteiger partial charge in [-0.2, -0.15) is 0 Å². The number of fused-ring (bicyclic) bond motifs is 1. The second kappa shape index (κ2) is 10.8. The number of aliphatic imine (C=N–C) groups is 1. The van der Waals surface area contributed by atoms with E-state index in [1.807, 2.05) is 36.7 Å². The molecule has 0 amide bonds. The number of furan rings is 1. The van der Waals surface area contributed by atoms with Crippen LogP contribution in [-0.4, -0.2) is 22.1 Å². The minimum Gasteiger partial charge on any atom is -0.467 e. The van der Waals surface area contributed by atoms with E-state index >= 15 is 0 Å². The molecule has 0 aliphatic rings. The molecular weight excluding hydrogens is 489 g/mol. The summed E-state index contributed by atoms with van der Waals surface area (Å²) < 4.78 is 7.53. The zero-order chi connectivity index (χ0) is 19.9. The van der Waals surface area contributed by atoms with E-state index in [9.17, 15) is 0 Å². The van der Waals surface area contributed by atoms with Crippen LogP contribution in [0.2, 0.25) is 0 Å². The summed E-state index contributed by atoms with van der Waals surface area (Å²) in [6.45, 7) is 4.89. The first-order valence-electron chi connectivity index (χ1n) is 9.84. The van der Waals surface area contributed by atoms with Crippen molar-refractivity contribution >= 4 is 41.0 Å². The van der Waals surface area contributed by atoms with Crippen LogP contribution in [0, 0.1) is 0 Å². The highest BCUT2D eigenvalue weighted by Crippen LogP contribution is 2.14. The highest BCUT2D eigenvalue weighted by molar-refractivity contribution is 14.0. The highest BCUT2D eigenvalue weighted by atomic mass is 127. The monoisotopic (exact) mass is 515 g/mol. The number of hydrogen-bond donors (Lipinski definition) is 2. The predicted octanol–water partition coefficient (Wildman–Crippen LogP) is 4.55. The molecular formula is C23H26IN5O. The van der Waals surface area contributed by atoms with Crippen molar-refractivity contribution in [2.45, 2.75) is 26.6 Å². The molecule has 4 rings (SSSR count). The first-order valence-corrected chi connectivity index (χ1v) is 9.84. The number of guanidine groups is 1. The third-order valence-corrected chi connectivity index (χ3v) is 4.68. The summed E-state index contributed by atoms with van der Waals surface area (Å²) in [5.41, 5.74) is 4.58. The maximum absolute atomic E-state index is 5.36. The number of para-hydroxylation sites is 2. The van der Waals surface area contributed by atoms with Crippen LogP contribution >= 0.6 is 24.0 Å². The fourth-order valence-corrected chi connectivity index (χ4v) is 3.18. The molecule has 0 bridgehead atoms. The van der Waals surface area contributed by atoms with E-state index in [4.69, 9.17) is 4.42 Å². The van der Waals surface area contributed by atoms with Crippen LogP contribution in [0.4, 0.5) is 0 Å². The summed E-state index contributed by atoms with van der Waals surface area (Å²) in [6, 6.07) is 20.6. The second-order valence-electron chi connectivity index (χ2n) is 6.81. The molecule has 0 spiro atoms. The van der Waals surface area contributed by atoms with Crippen molar-refractivity contribution in [3.63, 3.8) is 0 Å². The largest absolute Gasteiger partial charge is 0.467 e. The molecule has 0 saturated heterocycles. The maximum Gasteiger partial charge on any atom is 0.191 e. The molecule has 0 aliphatic carbocycles. The fraction of sp³-hybridized carbons (Fsp3) is 0.217. The van der Waals surface area contributed by atoms with Crippen LogP contribution in [-0.2, 0) is 19.6 Å². The number of benzene rings is 2. The van der Waals surface area contributed by atoms with Gasteiger partial charge < -0.3 is 19.6 Å². The predicted molar refractivity (Wildman–Crippen MR) is 131 cm³/mol. The summed E-state index contributed by atoms with van der Waals surface area (Å²) in [4.78, 5) is 9.13. The Bertz CT molecular complexity index is 1070. The lowest BCUT2D eigenvalue weighted by Gasteiger charge is -2.10. The Labute approximate surface area is 193 Å². The minimum absolute atomic E-state index is 0. The van der Waals surface area contributed by atoms with Gasteiger partial charge in [0.1, 0.15) is 5.76 Å². The van der Waals surface area contributed by atoms with Crippen LogP contribution in [0.5, 0.6) is 0 Å². The van der Waals surface area contributed by atoms with E-state index in [0.717, 1.165) is 35.8 Å². The first kappa shape index (κ1) is 21.9. The molecule has 0 aliphatic heterocycles. The lowest BCUT2D eigenvalue weighted by Crippen LogP contribution is -2.36. The topological polar surface area (TPSA) is 67.4 Å². The van der Waals surface area contributed by atoms with Gasteiger partial charge in [-0.3, -0.25) is 0 Å². The fourth-order valence-electron chi connectivity index (χ4n) is 3.18. The molecule has 0 unspecified atom stereocenters. The molecule has 30 heavy (non-hydrogen) atoms.